The largest absolute Gasteiger partial charge is 0.435 e. The molecule has 96 valence electrons. The van der Waals surface area contributed by atoms with Crippen LogP contribution in [0.25, 0.3) is 0 Å². The van der Waals surface area contributed by atoms with E-state index in [9.17, 15) is 13.2 Å². The molecule has 1 heterocycles. The Hall–Kier alpha value is -0.940. The fourth-order valence-corrected chi connectivity index (χ4v) is 1.92. The van der Waals surface area contributed by atoms with Crippen LogP contribution in [0.3, 0.4) is 0 Å². The van der Waals surface area contributed by atoms with Crippen molar-refractivity contribution in [2.45, 2.75) is 25.5 Å². The SMILES string of the molecule is Cl.Fc1ccc(OC(F)F)cc1C1CCCN1. The second-order valence-corrected chi connectivity index (χ2v) is 3.71. The van der Waals surface area contributed by atoms with Gasteiger partial charge < -0.3 is 10.1 Å². The zero-order chi connectivity index (χ0) is 11.5. The second-order valence-electron chi connectivity index (χ2n) is 3.71. The molecule has 2 rings (SSSR count). The molecule has 0 spiro atoms. The van der Waals surface area contributed by atoms with Crippen molar-refractivity contribution in [2.24, 2.45) is 0 Å². The minimum absolute atomic E-state index is 0. The molecule has 1 atom stereocenters. The van der Waals surface area contributed by atoms with E-state index in [0.717, 1.165) is 25.5 Å². The number of hydrogen-bond acceptors (Lipinski definition) is 2. The minimum Gasteiger partial charge on any atom is -0.435 e. The standard InChI is InChI=1S/C11H12F3NO.ClH/c12-9-4-3-7(16-11(13)14)6-8(9)10-2-1-5-15-10;/h3-4,6,10-11,15H,1-2,5H2;1H. The van der Waals surface area contributed by atoms with Crippen molar-refractivity contribution in [3.63, 3.8) is 0 Å². The van der Waals surface area contributed by atoms with Crippen molar-refractivity contribution in [2.75, 3.05) is 6.54 Å². The molecule has 6 heteroatoms. The van der Waals surface area contributed by atoms with E-state index in [1.54, 1.807) is 0 Å². The van der Waals surface area contributed by atoms with Gasteiger partial charge in [-0.1, -0.05) is 0 Å². The quantitative estimate of drug-likeness (QED) is 0.908. The number of nitrogens with one attached hydrogen (secondary N) is 1. The van der Waals surface area contributed by atoms with Gasteiger partial charge in [-0.05, 0) is 37.6 Å². The summed E-state index contributed by atoms with van der Waals surface area (Å²) < 4.78 is 41.7. The molecule has 0 saturated carbocycles. The van der Waals surface area contributed by atoms with Crippen LogP contribution in [-0.4, -0.2) is 13.2 Å². The zero-order valence-corrected chi connectivity index (χ0v) is 9.77. The maximum Gasteiger partial charge on any atom is 0.387 e. The highest BCUT2D eigenvalue weighted by molar-refractivity contribution is 5.85. The molecular formula is C11H13ClF3NO. The van der Waals surface area contributed by atoms with E-state index >= 15 is 0 Å². The Labute approximate surface area is 104 Å². The molecule has 1 aromatic rings. The molecule has 1 fully saturated rings. The lowest BCUT2D eigenvalue weighted by Gasteiger charge is -2.13. The van der Waals surface area contributed by atoms with Crippen LogP contribution in [0.1, 0.15) is 24.4 Å². The molecular weight excluding hydrogens is 255 g/mol. The van der Waals surface area contributed by atoms with Gasteiger partial charge in [0, 0.05) is 11.6 Å². The van der Waals surface area contributed by atoms with Gasteiger partial charge in [0.2, 0.25) is 0 Å². The first-order valence-electron chi connectivity index (χ1n) is 5.14. The van der Waals surface area contributed by atoms with Crippen molar-refractivity contribution in [3.05, 3.63) is 29.6 Å². The van der Waals surface area contributed by atoms with Crippen LogP contribution in [0, 0.1) is 5.82 Å². The normalized spacial score (nSPS) is 19.2. The van der Waals surface area contributed by atoms with Gasteiger partial charge in [-0.15, -0.1) is 12.4 Å². The first-order valence-corrected chi connectivity index (χ1v) is 5.14. The van der Waals surface area contributed by atoms with Crippen LogP contribution in [0.15, 0.2) is 18.2 Å². The van der Waals surface area contributed by atoms with E-state index in [2.05, 4.69) is 10.1 Å². The predicted molar refractivity (Wildman–Crippen MR) is 60.3 cm³/mol. The summed E-state index contributed by atoms with van der Waals surface area (Å²) in [5.41, 5.74) is 0.399. The number of hydrogen-bond donors (Lipinski definition) is 1. The van der Waals surface area contributed by atoms with E-state index in [1.165, 1.54) is 12.1 Å². The van der Waals surface area contributed by atoms with Gasteiger partial charge in [0.25, 0.3) is 0 Å². The van der Waals surface area contributed by atoms with Crippen LogP contribution in [0.2, 0.25) is 0 Å². The predicted octanol–water partition coefficient (Wildman–Crippen LogP) is 3.27. The molecule has 1 aliphatic rings. The summed E-state index contributed by atoms with van der Waals surface area (Å²) >= 11 is 0. The fraction of sp³-hybridized carbons (Fsp3) is 0.455. The first kappa shape index (κ1) is 14.1. The maximum atomic E-state index is 13.5. The van der Waals surface area contributed by atoms with Crippen LogP contribution < -0.4 is 10.1 Å². The highest BCUT2D eigenvalue weighted by Crippen LogP contribution is 2.28. The second kappa shape index (κ2) is 6.12. The molecule has 0 amide bonds. The van der Waals surface area contributed by atoms with Gasteiger partial charge in [-0.25, -0.2) is 4.39 Å². The molecule has 1 aliphatic heterocycles. The molecule has 1 N–H and O–H groups in total. The number of ether oxygens (including phenoxy) is 1. The van der Waals surface area contributed by atoms with E-state index in [1.807, 2.05) is 0 Å². The number of alkyl halides is 2. The van der Waals surface area contributed by atoms with E-state index in [4.69, 9.17) is 0 Å². The van der Waals surface area contributed by atoms with Crippen molar-refractivity contribution in [1.29, 1.82) is 0 Å². The summed E-state index contributed by atoms with van der Waals surface area (Å²) in [7, 11) is 0. The Morgan fingerprint density at radius 1 is 1.35 bits per heavy atom. The summed E-state index contributed by atoms with van der Waals surface area (Å²) in [4.78, 5) is 0. The number of halogens is 4. The Morgan fingerprint density at radius 3 is 2.71 bits per heavy atom. The van der Waals surface area contributed by atoms with E-state index in [0.29, 0.717) is 5.56 Å². The van der Waals surface area contributed by atoms with Crippen LogP contribution in [0.4, 0.5) is 13.2 Å². The fourth-order valence-electron chi connectivity index (χ4n) is 1.92. The lowest BCUT2D eigenvalue weighted by Crippen LogP contribution is -2.14. The average molecular weight is 268 g/mol. The highest BCUT2D eigenvalue weighted by atomic mass is 35.5. The molecule has 17 heavy (non-hydrogen) atoms. The molecule has 1 unspecified atom stereocenters. The Bertz CT molecular complexity index is 370. The van der Waals surface area contributed by atoms with E-state index < -0.39 is 6.61 Å². The summed E-state index contributed by atoms with van der Waals surface area (Å²) in [6.45, 7) is -2.06. The smallest absolute Gasteiger partial charge is 0.387 e. The summed E-state index contributed by atoms with van der Waals surface area (Å²) in [6, 6.07) is 3.61. The van der Waals surface area contributed by atoms with Crippen molar-refractivity contribution < 1.29 is 17.9 Å². The van der Waals surface area contributed by atoms with Gasteiger partial charge in [0.05, 0.1) is 0 Å². The Kier molecular flexibility index (Phi) is 5.08. The third-order valence-corrected chi connectivity index (χ3v) is 2.63. The minimum atomic E-state index is -2.88. The lowest BCUT2D eigenvalue weighted by atomic mass is 10.0. The van der Waals surface area contributed by atoms with Gasteiger partial charge in [-0.2, -0.15) is 8.78 Å². The molecule has 1 saturated heterocycles. The topological polar surface area (TPSA) is 21.3 Å². The van der Waals surface area contributed by atoms with Gasteiger partial charge >= 0.3 is 6.61 Å². The third-order valence-electron chi connectivity index (χ3n) is 2.63. The van der Waals surface area contributed by atoms with Crippen LogP contribution >= 0.6 is 12.4 Å². The first-order chi connectivity index (χ1) is 7.66. The highest BCUT2D eigenvalue weighted by Gasteiger charge is 2.20. The Balaban J connectivity index is 0.00000144. The molecule has 0 radical (unpaired) electrons. The molecule has 0 bridgehead atoms. The van der Waals surface area contributed by atoms with Gasteiger partial charge in [0.1, 0.15) is 11.6 Å². The van der Waals surface area contributed by atoms with E-state index in [-0.39, 0.29) is 30.0 Å². The van der Waals surface area contributed by atoms with Crippen molar-refractivity contribution >= 4 is 12.4 Å². The number of rotatable bonds is 3. The molecule has 1 aromatic carbocycles. The summed E-state index contributed by atoms with van der Waals surface area (Å²) in [6.07, 6.45) is 1.78. The number of benzene rings is 1. The zero-order valence-electron chi connectivity index (χ0n) is 8.96. The Morgan fingerprint density at radius 2 is 2.12 bits per heavy atom. The van der Waals surface area contributed by atoms with Crippen LogP contribution in [0.5, 0.6) is 5.75 Å². The lowest BCUT2D eigenvalue weighted by molar-refractivity contribution is -0.0499. The van der Waals surface area contributed by atoms with Gasteiger partial charge in [0.15, 0.2) is 0 Å². The molecule has 0 aliphatic carbocycles. The van der Waals surface area contributed by atoms with Gasteiger partial charge in [-0.3, -0.25) is 0 Å². The van der Waals surface area contributed by atoms with Crippen LogP contribution in [-0.2, 0) is 0 Å². The van der Waals surface area contributed by atoms with Crippen molar-refractivity contribution in [1.82, 2.24) is 5.32 Å². The molecule has 2 nitrogen and oxygen atoms in total. The molecule has 0 aromatic heterocycles. The third kappa shape index (κ3) is 3.51. The monoisotopic (exact) mass is 267 g/mol. The average Bonchev–Trinajstić information content (AvgIpc) is 2.73. The van der Waals surface area contributed by atoms with Crippen molar-refractivity contribution in [3.8, 4) is 5.75 Å². The maximum absolute atomic E-state index is 13.5. The summed E-state index contributed by atoms with van der Waals surface area (Å²) in [5.74, 6) is -0.388. The summed E-state index contributed by atoms with van der Waals surface area (Å²) in [5, 5.41) is 3.11.